The molecule has 21 heavy (non-hydrogen) atoms. The first kappa shape index (κ1) is 18.0. The van der Waals surface area contributed by atoms with E-state index in [0.717, 1.165) is 12.8 Å². The summed E-state index contributed by atoms with van der Waals surface area (Å²) in [5, 5.41) is 22.1. The van der Waals surface area contributed by atoms with E-state index in [1.807, 2.05) is 0 Å². The molecule has 0 saturated heterocycles. The van der Waals surface area contributed by atoms with E-state index < -0.39 is 17.0 Å². The first-order valence-electron chi connectivity index (χ1n) is 7.64. The molecular formula is C16H29NO4. The molecule has 0 atom stereocenters. The molecule has 3 N–H and O–H groups in total. The number of aliphatic carboxylic acids is 1. The van der Waals surface area contributed by atoms with Gasteiger partial charge in [-0.2, -0.15) is 0 Å². The molecule has 0 aliphatic heterocycles. The van der Waals surface area contributed by atoms with Crippen LogP contribution in [-0.4, -0.2) is 34.2 Å². The summed E-state index contributed by atoms with van der Waals surface area (Å²) >= 11 is 0. The van der Waals surface area contributed by atoms with Gasteiger partial charge in [0.2, 0.25) is 5.91 Å². The topological polar surface area (TPSA) is 86.6 Å². The Balaban J connectivity index is 2.41. The Morgan fingerprint density at radius 3 is 2.10 bits per heavy atom. The number of hydrogen-bond donors (Lipinski definition) is 3. The lowest BCUT2D eigenvalue weighted by atomic mass is 9.71. The van der Waals surface area contributed by atoms with Crippen LogP contribution in [0.1, 0.15) is 66.2 Å². The first-order valence-corrected chi connectivity index (χ1v) is 7.64. The average molecular weight is 299 g/mol. The number of carbonyl (C=O) groups excluding carboxylic acids is 1. The van der Waals surface area contributed by atoms with Crippen LogP contribution in [0, 0.1) is 10.8 Å². The molecule has 0 aromatic heterocycles. The van der Waals surface area contributed by atoms with Crippen molar-refractivity contribution in [3.63, 3.8) is 0 Å². The van der Waals surface area contributed by atoms with E-state index in [9.17, 15) is 14.7 Å². The van der Waals surface area contributed by atoms with Gasteiger partial charge in [0.25, 0.3) is 0 Å². The van der Waals surface area contributed by atoms with Crippen LogP contribution in [-0.2, 0) is 9.59 Å². The maximum absolute atomic E-state index is 11.9. The Kier molecular flexibility index (Phi) is 5.42. The van der Waals surface area contributed by atoms with Gasteiger partial charge in [0.05, 0.1) is 12.0 Å². The summed E-state index contributed by atoms with van der Waals surface area (Å²) in [5.41, 5.74) is -1.13. The van der Waals surface area contributed by atoms with Crippen LogP contribution in [0.2, 0.25) is 0 Å². The Hall–Kier alpha value is -1.10. The third kappa shape index (κ3) is 6.46. The highest BCUT2D eigenvalue weighted by Gasteiger charge is 2.37. The molecule has 1 amide bonds. The third-order valence-electron chi connectivity index (χ3n) is 4.42. The maximum atomic E-state index is 11.9. The average Bonchev–Trinajstić information content (AvgIpc) is 2.29. The molecule has 0 aromatic carbocycles. The van der Waals surface area contributed by atoms with Crippen LogP contribution in [0.3, 0.4) is 0 Å². The van der Waals surface area contributed by atoms with Gasteiger partial charge in [-0.15, -0.1) is 0 Å². The third-order valence-corrected chi connectivity index (χ3v) is 4.42. The number of rotatable bonds is 6. The van der Waals surface area contributed by atoms with Gasteiger partial charge in [-0.3, -0.25) is 9.59 Å². The Morgan fingerprint density at radius 2 is 1.62 bits per heavy atom. The number of carboxylic acids is 1. The van der Waals surface area contributed by atoms with Crippen molar-refractivity contribution in [3.8, 4) is 0 Å². The predicted molar refractivity (Wildman–Crippen MR) is 80.9 cm³/mol. The summed E-state index contributed by atoms with van der Waals surface area (Å²) in [5.74, 6) is -1.10. The number of carbonyl (C=O) groups is 2. The summed E-state index contributed by atoms with van der Waals surface area (Å²) in [6, 6.07) is 0. The summed E-state index contributed by atoms with van der Waals surface area (Å²) in [4.78, 5) is 22.7. The van der Waals surface area contributed by atoms with Crippen LogP contribution in [0.4, 0.5) is 0 Å². The van der Waals surface area contributed by atoms with E-state index in [2.05, 4.69) is 19.2 Å². The molecule has 0 spiro atoms. The second kappa shape index (κ2) is 6.34. The van der Waals surface area contributed by atoms with Crippen LogP contribution in [0.5, 0.6) is 0 Å². The molecular weight excluding hydrogens is 270 g/mol. The van der Waals surface area contributed by atoms with Crippen molar-refractivity contribution in [3.05, 3.63) is 0 Å². The van der Waals surface area contributed by atoms with Gasteiger partial charge < -0.3 is 15.5 Å². The zero-order valence-electron chi connectivity index (χ0n) is 13.7. The lowest BCUT2D eigenvalue weighted by Crippen LogP contribution is -2.47. The SMILES string of the molecule is CC1(C)CCC(O)(CNC(=O)CC(C)(C)CC(=O)O)CC1. The van der Waals surface area contributed by atoms with Crippen molar-refractivity contribution in [2.45, 2.75) is 71.8 Å². The van der Waals surface area contributed by atoms with Gasteiger partial charge in [-0.05, 0) is 36.5 Å². The lowest BCUT2D eigenvalue weighted by Gasteiger charge is -2.40. The monoisotopic (exact) mass is 299 g/mol. The van der Waals surface area contributed by atoms with Crippen molar-refractivity contribution in [1.29, 1.82) is 0 Å². The minimum atomic E-state index is -0.902. The Morgan fingerprint density at radius 1 is 1.10 bits per heavy atom. The normalized spacial score (nSPS) is 20.8. The zero-order chi connectivity index (χ0) is 16.3. The molecule has 0 unspecified atom stereocenters. The molecule has 1 saturated carbocycles. The van der Waals surface area contributed by atoms with E-state index in [1.54, 1.807) is 13.8 Å². The van der Waals surface area contributed by atoms with Gasteiger partial charge in [0, 0.05) is 13.0 Å². The fourth-order valence-corrected chi connectivity index (χ4v) is 2.80. The van der Waals surface area contributed by atoms with E-state index in [1.165, 1.54) is 0 Å². The van der Waals surface area contributed by atoms with E-state index in [-0.39, 0.29) is 30.7 Å². The van der Waals surface area contributed by atoms with Crippen molar-refractivity contribution in [2.24, 2.45) is 10.8 Å². The molecule has 0 bridgehead atoms. The second-order valence-electron chi connectivity index (χ2n) is 8.08. The van der Waals surface area contributed by atoms with Gasteiger partial charge in [0.15, 0.2) is 0 Å². The summed E-state index contributed by atoms with van der Waals surface area (Å²) in [6.07, 6.45) is 3.39. The highest BCUT2D eigenvalue weighted by atomic mass is 16.4. The first-order chi connectivity index (χ1) is 9.43. The van der Waals surface area contributed by atoms with Crippen molar-refractivity contribution in [1.82, 2.24) is 5.32 Å². The number of amides is 1. The summed E-state index contributed by atoms with van der Waals surface area (Å²) in [7, 11) is 0. The van der Waals surface area contributed by atoms with E-state index in [0.29, 0.717) is 12.8 Å². The molecule has 1 aliphatic rings. The molecule has 0 aromatic rings. The predicted octanol–water partition coefficient (Wildman–Crippen LogP) is 2.32. The molecule has 122 valence electrons. The largest absolute Gasteiger partial charge is 0.481 e. The van der Waals surface area contributed by atoms with Gasteiger partial charge in [-0.1, -0.05) is 27.7 Å². The molecule has 0 radical (unpaired) electrons. The molecule has 5 heteroatoms. The standard InChI is InChI=1S/C16H29NO4/c1-14(2)5-7-16(21,8-6-14)11-17-12(18)9-15(3,4)10-13(19)20/h21H,5-11H2,1-4H3,(H,17,18)(H,19,20). The highest BCUT2D eigenvalue weighted by Crippen LogP contribution is 2.39. The fraction of sp³-hybridized carbons (Fsp3) is 0.875. The maximum Gasteiger partial charge on any atom is 0.303 e. The van der Waals surface area contributed by atoms with Crippen molar-refractivity contribution in [2.75, 3.05) is 6.54 Å². The number of hydrogen-bond acceptors (Lipinski definition) is 3. The molecule has 1 fully saturated rings. The Bertz CT molecular complexity index is 391. The van der Waals surface area contributed by atoms with Crippen LogP contribution >= 0.6 is 0 Å². The fourth-order valence-electron chi connectivity index (χ4n) is 2.80. The quantitative estimate of drug-likeness (QED) is 0.702. The number of nitrogens with one attached hydrogen (secondary N) is 1. The summed E-state index contributed by atoms with van der Waals surface area (Å²) < 4.78 is 0. The zero-order valence-corrected chi connectivity index (χ0v) is 13.7. The number of aliphatic hydroxyl groups is 1. The molecule has 0 heterocycles. The van der Waals surface area contributed by atoms with Crippen LogP contribution in [0.25, 0.3) is 0 Å². The smallest absolute Gasteiger partial charge is 0.303 e. The summed E-state index contributed by atoms with van der Waals surface area (Å²) in [6.45, 7) is 8.17. The van der Waals surface area contributed by atoms with Crippen molar-refractivity contribution >= 4 is 11.9 Å². The van der Waals surface area contributed by atoms with E-state index >= 15 is 0 Å². The van der Waals surface area contributed by atoms with Crippen molar-refractivity contribution < 1.29 is 19.8 Å². The molecule has 1 aliphatic carbocycles. The van der Waals surface area contributed by atoms with Gasteiger partial charge in [-0.25, -0.2) is 0 Å². The Labute approximate surface area is 127 Å². The minimum absolute atomic E-state index is 0.0428. The second-order valence-corrected chi connectivity index (χ2v) is 8.08. The molecule has 1 rings (SSSR count). The van der Waals surface area contributed by atoms with Gasteiger partial charge >= 0.3 is 5.97 Å². The van der Waals surface area contributed by atoms with E-state index in [4.69, 9.17) is 5.11 Å². The number of carboxylic acid groups (broad SMARTS) is 1. The highest BCUT2D eigenvalue weighted by molar-refractivity contribution is 5.78. The lowest BCUT2D eigenvalue weighted by molar-refractivity contribution is -0.139. The van der Waals surface area contributed by atoms with Crippen LogP contribution in [0.15, 0.2) is 0 Å². The van der Waals surface area contributed by atoms with Crippen LogP contribution < -0.4 is 5.32 Å². The minimum Gasteiger partial charge on any atom is -0.481 e. The van der Waals surface area contributed by atoms with Gasteiger partial charge in [0.1, 0.15) is 0 Å². The molecule has 5 nitrogen and oxygen atoms in total.